The fourth-order valence-corrected chi connectivity index (χ4v) is 2.11. The van der Waals surface area contributed by atoms with Gasteiger partial charge >= 0.3 is 0 Å². The van der Waals surface area contributed by atoms with E-state index in [-0.39, 0.29) is 0 Å². The molecule has 0 aliphatic carbocycles. The van der Waals surface area contributed by atoms with Crippen molar-refractivity contribution < 1.29 is 14.2 Å². The summed E-state index contributed by atoms with van der Waals surface area (Å²) in [6.07, 6.45) is 0. The van der Waals surface area contributed by atoms with Crippen molar-refractivity contribution in [3.63, 3.8) is 0 Å². The number of ether oxygens (including phenoxy) is 3. The number of fused-ring (bicyclic) bond motifs is 1. The van der Waals surface area contributed by atoms with E-state index in [9.17, 15) is 0 Å². The van der Waals surface area contributed by atoms with Gasteiger partial charge in [0.15, 0.2) is 11.5 Å². The van der Waals surface area contributed by atoms with E-state index in [0.717, 1.165) is 16.6 Å². The molecule has 0 amide bonds. The van der Waals surface area contributed by atoms with Gasteiger partial charge in [0, 0.05) is 18.1 Å². The third-order valence-corrected chi connectivity index (χ3v) is 3.06. The van der Waals surface area contributed by atoms with Crippen LogP contribution in [0, 0.1) is 6.92 Å². The standard InChI is InChI=1S/C13H17NO3/c1-8-6-9-7-10(15-3)12(16-4)13(17-5)11(9)14(8)2/h6-7H,1-5H3. The third kappa shape index (κ3) is 1.60. The lowest BCUT2D eigenvalue weighted by molar-refractivity contribution is 0.326. The Balaban J connectivity index is 2.89. The van der Waals surface area contributed by atoms with Crippen molar-refractivity contribution in [3.05, 3.63) is 17.8 Å². The van der Waals surface area contributed by atoms with Crippen molar-refractivity contribution in [2.45, 2.75) is 6.92 Å². The number of methoxy groups -OCH3 is 3. The van der Waals surface area contributed by atoms with Gasteiger partial charge in [0.25, 0.3) is 0 Å². The van der Waals surface area contributed by atoms with Crippen LogP contribution in [0.25, 0.3) is 10.9 Å². The van der Waals surface area contributed by atoms with Crippen molar-refractivity contribution >= 4 is 10.9 Å². The van der Waals surface area contributed by atoms with Crippen LogP contribution >= 0.6 is 0 Å². The number of aryl methyl sites for hydroxylation is 2. The van der Waals surface area contributed by atoms with E-state index >= 15 is 0 Å². The van der Waals surface area contributed by atoms with Gasteiger partial charge < -0.3 is 18.8 Å². The van der Waals surface area contributed by atoms with E-state index < -0.39 is 0 Å². The van der Waals surface area contributed by atoms with Crippen LogP contribution in [0.3, 0.4) is 0 Å². The normalized spacial score (nSPS) is 10.6. The molecule has 0 aliphatic heterocycles. The molecule has 17 heavy (non-hydrogen) atoms. The Morgan fingerprint density at radius 1 is 0.941 bits per heavy atom. The molecular formula is C13H17NO3. The molecule has 4 nitrogen and oxygen atoms in total. The van der Waals surface area contributed by atoms with E-state index in [1.807, 2.05) is 13.1 Å². The summed E-state index contributed by atoms with van der Waals surface area (Å²) in [4.78, 5) is 0. The molecule has 1 aromatic heterocycles. The number of benzene rings is 1. The summed E-state index contributed by atoms with van der Waals surface area (Å²) >= 11 is 0. The Bertz CT molecular complexity index is 558. The average Bonchev–Trinajstić information content (AvgIpc) is 2.62. The number of rotatable bonds is 3. The number of aromatic nitrogens is 1. The third-order valence-electron chi connectivity index (χ3n) is 3.06. The van der Waals surface area contributed by atoms with Gasteiger partial charge in [0.1, 0.15) is 0 Å². The lowest BCUT2D eigenvalue weighted by Crippen LogP contribution is -1.98. The molecule has 0 atom stereocenters. The zero-order chi connectivity index (χ0) is 12.6. The van der Waals surface area contributed by atoms with E-state index in [0.29, 0.717) is 17.2 Å². The highest BCUT2D eigenvalue weighted by molar-refractivity contribution is 5.91. The lowest BCUT2D eigenvalue weighted by Gasteiger charge is -2.14. The molecule has 0 N–H and O–H groups in total. The quantitative estimate of drug-likeness (QED) is 0.819. The second-order valence-corrected chi connectivity index (χ2v) is 3.93. The zero-order valence-corrected chi connectivity index (χ0v) is 10.8. The van der Waals surface area contributed by atoms with Gasteiger partial charge in [-0.3, -0.25) is 0 Å². The summed E-state index contributed by atoms with van der Waals surface area (Å²) in [7, 11) is 6.88. The molecule has 0 spiro atoms. The second kappa shape index (κ2) is 4.20. The molecule has 2 rings (SSSR count). The predicted octanol–water partition coefficient (Wildman–Crippen LogP) is 2.51. The molecule has 92 valence electrons. The molecule has 1 heterocycles. The van der Waals surface area contributed by atoms with Crippen molar-refractivity contribution in [2.24, 2.45) is 7.05 Å². The molecule has 0 radical (unpaired) electrons. The summed E-state index contributed by atoms with van der Waals surface area (Å²) in [6, 6.07) is 4.06. The first kappa shape index (κ1) is 11.6. The van der Waals surface area contributed by atoms with E-state index in [1.165, 1.54) is 0 Å². The maximum Gasteiger partial charge on any atom is 0.205 e. The minimum atomic E-state index is 0.628. The van der Waals surface area contributed by atoms with Crippen molar-refractivity contribution in [1.82, 2.24) is 4.57 Å². The molecule has 1 aromatic carbocycles. The molecular weight excluding hydrogens is 218 g/mol. The van der Waals surface area contributed by atoms with Gasteiger partial charge in [-0.2, -0.15) is 0 Å². The predicted molar refractivity (Wildman–Crippen MR) is 67.3 cm³/mol. The first-order valence-corrected chi connectivity index (χ1v) is 5.39. The number of hydrogen-bond acceptors (Lipinski definition) is 3. The van der Waals surface area contributed by atoms with Crippen LogP contribution in [0.4, 0.5) is 0 Å². The first-order valence-electron chi connectivity index (χ1n) is 5.39. The summed E-state index contributed by atoms with van der Waals surface area (Å²) in [6.45, 7) is 2.05. The summed E-state index contributed by atoms with van der Waals surface area (Å²) in [5, 5.41) is 1.08. The van der Waals surface area contributed by atoms with Crippen LogP contribution in [0.2, 0.25) is 0 Å². The Labute approximate surface area is 101 Å². The summed E-state index contributed by atoms with van der Waals surface area (Å²) < 4.78 is 18.2. The second-order valence-electron chi connectivity index (χ2n) is 3.93. The maximum absolute atomic E-state index is 5.46. The molecule has 2 aromatic rings. The van der Waals surface area contributed by atoms with Crippen LogP contribution in [0.5, 0.6) is 17.2 Å². The Morgan fingerprint density at radius 2 is 1.59 bits per heavy atom. The monoisotopic (exact) mass is 235 g/mol. The van der Waals surface area contributed by atoms with Crippen LogP contribution < -0.4 is 14.2 Å². The van der Waals surface area contributed by atoms with Gasteiger partial charge in [-0.05, 0) is 19.1 Å². The molecule has 0 aliphatic rings. The summed E-state index contributed by atoms with van der Waals surface area (Å²) in [5.41, 5.74) is 2.18. The maximum atomic E-state index is 5.46. The minimum Gasteiger partial charge on any atom is -0.493 e. The van der Waals surface area contributed by atoms with Crippen molar-refractivity contribution in [3.8, 4) is 17.2 Å². The van der Waals surface area contributed by atoms with Crippen LogP contribution in [0.1, 0.15) is 5.69 Å². The van der Waals surface area contributed by atoms with E-state index in [2.05, 4.69) is 17.6 Å². The molecule has 0 bridgehead atoms. The first-order chi connectivity index (χ1) is 8.13. The van der Waals surface area contributed by atoms with Gasteiger partial charge in [-0.1, -0.05) is 0 Å². The van der Waals surface area contributed by atoms with Crippen molar-refractivity contribution in [1.29, 1.82) is 0 Å². The summed E-state index contributed by atoms with van der Waals surface area (Å²) in [5.74, 6) is 2.02. The highest BCUT2D eigenvalue weighted by Crippen LogP contribution is 2.43. The van der Waals surface area contributed by atoms with Crippen LogP contribution in [0.15, 0.2) is 12.1 Å². The fraction of sp³-hybridized carbons (Fsp3) is 0.385. The molecule has 0 fully saturated rings. The topological polar surface area (TPSA) is 32.6 Å². The smallest absolute Gasteiger partial charge is 0.205 e. The van der Waals surface area contributed by atoms with Crippen molar-refractivity contribution in [2.75, 3.05) is 21.3 Å². The number of nitrogens with zero attached hydrogens (tertiary/aromatic N) is 1. The average molecular weight is 235 g/mol. The lowest BCUT2D eigenvalue weighted by atomic mass is 10.2. The SMILES string of the molecule is COc1cc2cc(C)n(C)c2c(OC)c1OC. The Kier molecular flexibility index (Phi) is 2.88. The Morgan fingerprint density at radius 3 is 2.12 bits per heavy atom. The van der Waals surface area contributed by atoms with Gasteiger partial charge in [0.2, 0.25) is 5.75 Å². The largest absolute Gasteiger partial charge is 0.493 e. The van der Waals surface area contributed by atoms with E-state index in [1.54, 1.807) is 21.3 Å². The highest BCUT2D eigenvalue weighted by atomic mass is 16.5. The molecule has 0 unspecified atom stereocenters. The van der Waals surface area contributed by atoms with Gasteiger partial charge in [-0.25, -0.2) is 0 Å². The van der Waals surface area contributed by atoms with Crippen LogP contribution in [-0.2, 0) is 7.05 Å². The minimum absolute atomic E-state index is 0.628. The van der Waals surface area contributed by atoms with Crippen LogP contribution in [-0.4, -0.2) is 25.9 Å². The zero-order valence-electron chi connectivity index (χ0n) is 10.8. The van der Waals surface area contributed by atoms with Gasteiger partial charge in [0.05, 0.1) is 26.8 Å². The molecule has 4 heteroatoms. The Hall–Kier alpha value is -1.84. The highest BCUT2D eigenvalue weighted by Gasteiger charge is 2.18. The van der Waals surface area contributed by atoms with E-state index in [4.69, 9.17) is 14.2 Å². The number of hydrogen-bond donors (Lipinski definition) is 0. The fourth-order valence-electron chi connectivity index (χ4n) is 2.11. The molecule has 0 saturated carbocycles. The van der Waals surface area contributed by atoms with Gasteiger partial charge in [-0.15, -0.1) is 0 Å². The molecule has 0 saturated heterocycles.